The highest BCUT2D eigenvalue weighted by Crippen LogP contribution is 2.45. The van der Waals surface area contributed by atoms with Crippen molar-refractivity contribution >= 4 is 29.3 Å². The summed E-state index contributed by atoms with van der Waals surface area (Å²) in [4.78, 5) is 48.2. The van der Waals surface area contributed by atoms with E-state index < -0.39 is 97.0 Å². The minimum atomic E-state index is -1.66. The van der Waals surface area contributed by atoms with Gasteiger partial charge in [0, 0.05) is 39.5 Å². The predicted octanol–water partition coefficient (Wildman–Crippen LogP) is 2.44. The number of ketones is 1. The molecule has 0 unspecified atom stereocenters. The van der Waals surface area contributed by atoms with Crippen molar-refractivity contribution < 1.29 is 60.0 Å². The van der Waals surface area contributed by atoms with Crippen LogP contribution in [0.4, 0.5) is 0 Å². The molecule has 8 N–H and O–H groups in total. The van der Waals surface area contributed by atoms with Crippen LogP contribution in [0.5, 0.6) is 23.0 Å². The van der Waals surface area contributed by atoms with Gasteiger partial charge in [-0.05, 0) is 32.1 Å². The van der Waals surface area contributed by atoms with E-state index in [2.05, 4.69) is 0 Å². The van der Waals surface area contributed by atoms with Crippen molar-refractivity contribution in [3.8, 4) is 23.0 Å². The molecule has 0 bridgehead atoms. The van der Waals surface area contributed by atoms with Gasteiger partial charge in [0.25, 0.3) is 0 Å². The number of aromatic hydroxyl groups is 4. The molecule has 0 aromatic heterocycles. The van der Waals surface area contributed by atoms with Gasteiger partial charge in [0.1, 0.15) is 45.5 Å². The second-order valence-corrected chi connectivity index (χ2v) is 7.75. The number of allylic oxidation sites excluding steroid dienone is 3. The number of aromatic carboxylic acids is 2. The Hall–Kier alpha value is -5.26. The lowest BCUT2D eigenvalue weighted by atomic mass is 9.82. The average molecular weight is 498 g/mol. The van der Waals surface area contributed by atoms with Crippen molar-refractivity contribution in [2.45, 2.75) is 13.8 Å². The van der Waals surface area contributed by atoms with E-state index in [1.165, 1.54) is 0 Å². The third-order valence-corrected chi connectivity index (χ3v) is 5.61. The van der Waals surface area contributed by atoms with Crippen LogP contribution in [0.25, 0.3) is 5.57 Å². The van der Waals surface area contributed by atoms with Crippen molar-refractivity contribution in [1.82, 2.24) is 0 Å². The Balaban J connectivity index is 2.63. The fraction of sp³-hybridized carbons (Fsp3) is 0.0833. The maximum atomic E-state index is 13.2. The number of aliphatic hydroxyl groups excluding tert-OH is 1. The van der Waals surface area contributed by atoms with Crippen LogP contribution in [0.15, 0.2) is 46.8 Å². The van der Waals surface area contributed by atoms with E-state index in [9.17, 15) is 60.0 Å². The zero-order valence-corrected chi connectivity index (χ0v) is 18.5. The maximum absolute atomic E-state index is 13.2. The molecule has 3 rings (SSSR count). The van der Waals surface area contributed by atoms with Crippen molar-refractivity contribution in [1.29, 1.82) is 0 Å². The molecule has 0 atom stereocenters. The van der Waals surface area contributed by atoms with Gasteiger partial charge in [-0.15, -0.1) is 0 Å². The summed E-state index contributed by atoms with van der Waals surface area (Å²) in [6, 6.07) is 2.09. The second-order valence-electron chi connectivity index (χ2n) is 7.75. The third-order valence-electron chi connectivity index (χ3n) is 5.61. The Morgan fingerprint density at radius 2 is 1.17 bits per heavy atom. The van der Waals surface area contributed by atoms with Crippen molar-refractivity contribution in [3.63, 3.8) is 0 Å². The summed E-state index contributed by atoms with van der Waals surface area (Å²) < 4.78 is 0. The summed E-state index contributed by atoms with van der Waals surface area (Å²) in [5.74, 6) is -10.1. The lowest BCUT2D eigenvalue weighted by Crippen LogP contribution is -2.18. The molecule has 0 aliphatic heterocycles. The van der Waals surface area contributed by atoms with E-state index in [1.807, 2.05) is 0 Å². The van der Waals surface area contributed by atoms with Crippen LogP contribution >= 0.6 is 0 Å². The first-order valence-electron chi connectivity index (χ1n) is 9.91. The summed E-state index contributed by atoms with van der Waals surface area (Å²) in [7, 11) is 0. The minimum Gasteiger partial charge on any atom is -0.507 e. The monoisotopic (exact) mass is 498 g/mol. The predicted molar refractivity (Wildman–Crippen MR) is 120 cm³/mol. The van der Waals surface area contributed by atoms with Crippen LogP contribution in [0.3, 0.4) is 0 Å². The van der Waals surface area contributed by atoms with Gasteiger partial charge >= 0.3 is 17.9 Å². The number of carboxylic acid groups (broad SMARTS) is 3. The van der Waals surface area contributed by atoms with Gasteiger partial charge in [0.2, 0.25) is 0 Å². The Kier molecular flexibility index (Phi) is 6.22. The largest absolute Gasteiger partial charge is 0.507 e. The molecule has 1 aliphatic rings. The number of phenolic OH excluding ortho intramolecular Hbond substituents is 2. The molecule has 0 heterocycles. The molecule has 0 amide bonds. The number of carbonyl (C=O) groups excluding carboxylic acids is 1. The smallest absolute Gasteiger partial charge is 0.339 e. The summed E-state index contributed by atoms with van der Waals surface area (Å²) in [6.07, 6.45) is 0.705. The zero-order valence-electron chi connectivity index (χ0n) is 18.5. The first kappa shape index (κ1) is 25.4. The molecule has 12 nitrogen and oxygen atoms in total. The van der Waals surface area contributed by atoms with Crippen LogP contribution in [-0.2, 0) is 9.59 Å². The molecule has 186 valence electrons. The summed E-state index contributed by atoms with van der Waals surface area (Å²) >= 11 is 0. The highest BCUT2D eigenvalue weighted by atomic mass is 16.4. The molecule has 0 radical (unpaired) electrons. The normalized spacial score (nSPS) is 14.9. The number of phenols is 4. The number of carbonyl (C=O) groups is 4. The van der Waals surface area contributed by atoms with E-state index in [-0.39, 0.29) is 5.56 Å². The molecular weight excluding hydrogens is 480 g/mol. The van der Waals surface area contributed by atoms with Gasteiger partial charge in [0.05, 0.1) is 0 Å². The maximum Gasteiger partial charge on any atom is 0.339 e. The number of Topliss-reactive ketones (excluding diaryl/α,β-unsaturated/α-hetero) is 1. The molecule has 2 aromatic carbocycles. The van der Waals surface area contributed by atoms with Crippen molar-refractivity contribution in [2.24, 2.45) is 0 Å². The lowest BCUT2D eigenvalue weighted by Gasteiger charge is -2.21. The van der Waals surface area contributed by atoms with Gasteiger partial charge in [-0.25, -0.2) is 14.4 Å². The van der Waals surface area contributed by atoms with Gasteiger partial charge in [0.15, 0.2) is 5.78 Å². The fourth-order valence-electron chi connectivity index (χ4n) is 3.67. The Labute approximate surface area is 201 Å². The van der Waals surface area contributed by atoms with Gasteiger partial charge in [-0.1, -0.05) is 0 Å². The van der Waals surface area contributed by atoms with Gasteiger partial charge in [-0.3, -0.25) is 4.79 Å². The SMILES string of the molecule is CC1=C(O)C(C(=O)O)=C/C(=C(\c2cc(C(=O)O)c(O)cc2O)c2cc(C(=O)O)c(O)c(C)c2O)C1=O. The third kappa shape index (κ3) is 3.96. The molecule has 0 spiro atoms. The summed E-state index contributed by atoms with van der Waals surface area (Å²) in [5, 5.41) is 80.1. The van der Waals surface area contributed by atoms with E-state index in [1.54, 1.807) is 0 Å². The number of carboxylic acids is 3. The number of hydrogen-bond donors (Lipinski definition) is 8. The minimum absolute atomic E-state index is 0.361. The Bertz CT molecular complexity index is 1490. The summed E-state index contributed by atoms with van der Waals surface area (Å²) in [6.45, 7) is 2.23. The summed E-state index contributed by atoms with van der Waals surface area (Å²) in [5.41, 5.74) is -5.19. The molecular formula is C24H18O12. The number of aliphatic carboxylic acids is 1. The number of benzene rings is 2. The van der Waals surface area contributed by atoms with Crippen LogP contribution in [0, 0.1) is 6.92 Å². The van der Waals surface area contributed by atoms with Crippen molar-refractivity contribution in [3.05, 3.63) is 74.6 Å². The molecule has 0 fully saturated rings. The highest BCUT2D eigenvalue weighted by Gasteiger charge is 2.33. The Morgan fingerprint density at radius 1 is 0.667 bits per heavy atom. The van der Waals surface area contributed by atoms with Crippen LogP contribution in [0.2, 0.25) is 0 Å². The molecule has 1 aliphatic carbocycles. The second kappa shape index (κ2) is 8.83. The highest BCUT2D eigenvalue weighted by molar-refractivity contribution is 6.21. The van der Waals surface area contributed by atoms with Crippen molar-refractivity contribution in [2.75, 3.05) is 0 Å². The van der Waals surface area contributed by atoms with Gasteiger partial charge < -0.3 is 40.9 Å². The fourth-order valence-corrected chi connectivity index (χ4v) is 3.67. The molecule has 12 heteroatoms. The van der Waals surface area contributed by atoms with Crippen LogP contribution in [0.1, 0.15) is 44.3 Å². The van der Waals surface area contributed by atoms with E-state index in [0.29, 0.717) is 12.1 Å². The standard InChI is InChI=1S/C24H18O12/c1-7-18(27)11(4-13(20(7)29)23(33)34)17(9-3-10(22(31)32)16(26)6-15(9)25)12-5-14(24(35)36)21(30)8(2)19(12)28/h3-6,25-27,29-30H,1-2H3,(H,31,32)(H,33,34)(H,35,36)/b17-12-. The van der Waals surface area contributed by atoms with E-state index >= 15 is 0 Å². The number of aliphatic hydroxyl groups is 1. The van der Waals surface area contributed by atoms with Crippen LogP contribution < -0.4 is 0 Å². The first-order chi connectivity index (χ1) is 16.7. The van der Waals surface area contributed by atoms with Crippen LogP contribution in [-0.4, -0.2) is 64.5 Å². The quantitative estimate of drug-likeness (QED) is 0.278. The van der Waals surface area contributed by atoms with E-state index in [0.717, 1.165) is 26.0 Å². The molecule has 0 saturated heterocycles. The van der Waals surface area contributed by atoms with Gasteiger partial charge in [-0.2, -0.15) is 0 Å². The number of rotatable bonds is 5. The lowest BCUT2D eigenvalue weighted by molar-refractivity contribution is -0.132. The van der Waals surface area contributed by atoms with E-state index in [4.69, 9.17) is 0 Å². The number of hydrogen-bond acceptors (Lipinski definition) is 9. The molecule has 36 heavy (non-hydrogen) atoms. The molecule has 0 saturated carbocycles. The Morgan fingerprint density at radius 3 is 1.69 bits per heavy atom. The first-order valence-corrected chi connectivity index (χ1v) is 9.91. The average Bonchev–Trinajstić information content (AvgIpc) is 2.79. The zero-order chi connectivity index (χ0) is 27.2. The molecule has 2 aromatic rings. The topological polar surface area (TPSA) is 230 Å².